The molecule has 19 heavy (non-hydrogen) atoms. The standard InChI is InChI=1S/C13H17N5O/c1-8-5-9(8)7-18-13(15-16-17-18)11-4-3-10(14)6-12(11)19-2/h3-4,6,8-9H,5,7,14H2,1-2H3. The molecule has 2 unspecified atom stereocenters. The largest absolute Gasteiger partial charge is 0.496 e. The van der Waals surface area contributed by atoms with Crippen molar-refractivity contribution in [2.24, 2.45) is 11.8 Å². The Balaban J connectivity index is 1.95. The van der Waals surface area contributed by atoms with Crippen LogP contribution in [0.2, 0.25) is 0 Å². The van der Waals surface area contributed by atoms with Gasteiger partial charge in [-0.15, -0.1) is 5.10 Å². The van der Waals surface area contributed by atoms with Crippen molar-refractivity contribution in [2.75, 3.05) is 12.8 Å². The Bertz CT molecular complexity index is 594. The minimum atomic E-state index is 0.662. The third-order valence-electron chi connectivity index (χ3n) is 3.68. The van der Waals surface area contributed by atoms with E-state index in [0.717, 1.165) is 23.9 Å². The molecule has 6 heteroatoms. The lowest BCUT2D eigenvalue weighted by Crippen LogP contribution is -2.06. The molecule has 0 saturated heterocycles. The Morgan fingerprint density at radius 1 is 1.47 bits per heavy atom. The van der Waals surface area contributed by atoms with Crippen molar-refractivity contribution in [3.8, 4) is 17.1 Å². The zero-order valence-corrected chi connectivity index (χ0v) is 11.1. The van der Waals surface area contributed by atoms with E-state index in [9.17, 15) is 0 Å². The number of nitrogen functional groups attached to an aromatic ring is 1. The zero-order valence-electron chi connectivity index (χ0n) is 11.1. The van der Waals surface area contributed by atoms with Crippen molar-refractivity contribution < 1.29 is 4.74 Å². The van der Waals surface area contributed by atoms with Gasteiger partial charge in [-0.3, -0.25) is 0 Å². The van der Waals surface area contributed by atoms with E-state index in [1.165, 1.54) is 6.42 Å². The predicted octanol–water partition coefficient (Wildman–Crippen LogP) is 1.59. The second-order valence-corrected chi connectivity index (χ2v) is 5.12. The van der Waals surface area contributed by atoms with Gasteiger partial charge in [0.2, 0.25) is 0 Å². The van der Waals surface area contributed by atoms with Crippen LogP contribution in [0.15, 0.2) is 18.2 Å². The number of nitrogens with zero attached hydrogens (tertiary/aromatic N) is 4. The average molecular weight is 259 g/mol. The van der Waals surface area contributed by atoms with Gasteiger partial charge in [-0.1, -0.05) is 6.92 Å². The molecule has 0 radical (unpaired) electrons. The summed E-state index contributed by atoms with van der Waals surface area (Å²) in [5.41, 5.74) is 7.30. The maximum atomic E-state index is 5.76. The molecule has 0 aliphatic heterocycles. The average Bonchev–Trinajstić information content (AvgIpc) is 2.89. The van der Waals surface area contributed by atoms with Crippen LogP contribution in [0.3, 0.4) is 0 Å². The monoisotopic (exact) mass is 259 g/mol. The molecule has 0 bridgehead atoms. The summed E-state index contributed by atoms with van der Waals surface area (Å²) >= 11 is 0. The van der Waals surface area contributed by atoms with Gasteiger partial charge in [0.1, 0.15) is 5.75 Å². The van der Waals surface area contributed by atoms with Crippen LogP contribution < -0.4 is 10.5 Å². The summed E-state index contributed by atoms with van der Waals surface area (Å²) < 4.78 is 7.21. The second kappa shape index (κ2) is 4.53. The van der Waals surface area contributed by atoms with Crippen LogP contribution in [0.5, 0.6) is 5.75 Å². The lowest BCUT2D eigenvalue weighted by Gasteiger charge is -2.09. The molecular formula is C13H17N5O. The molecule has 1 saturated carbocycles. The fourth-order valence-corrected chi connectivity index (χ4v) is 2.29. The molecule has 1 fully saturated rings. The molecule has 100 valence electrons. The normalized spacial score (nSPS) is 21.4. The van der Waals surface area contributed by atoms with Crippen LogP contribution in [0.4, 0.5) is 5.69 Å². The molecule has 0 amide bonds. The number of hydrogen-bond donors (Lipinski definition) is 1. The highest BCUT2D eigenvalue weighted by Gasteiger charge is 2.33. The highest BCUT2D eigenvalue weighted by molar-refractivity contribution is 5.67. The number of anilines is 1. The van der Waals surface area contributed by atoms with E-state index >= 15 is 0 Å². The molecule has 3 rings (SSSR count). The first-order chi connectivity index (χ1) is 9.19. The Morgan fingerprint density at radius 3 is 2.95 bits per heavy atom. The molecule has 2 N–H and O–H groups in total. The van der Waals surface area contributed by atoms with E-state index in [-0.39, 0.29) is 0 Å². The molecule has 6 nitrogen and oxygen atoms in total. The van der Waals surface area contributed by atoms with E-state index in [2.05, 4.69) is 22.4 Å². The smallest absolute Gasteiger partial charge is 0.185 e. The molecule has 0 spiro atoms. The third-order valence-corrected chi connectivity index (χ3v) is 3.68. The number of methoxy groups -OCH3 is 1. The van der Waals surface area contributed by atoms with Crippen molar-refractivity contribution in [1.29, 1.82) is 0 Å². The van der Waals surface area contributed by atoms with E-state index < -0.39 is 0 Å². The number of hydrogen-bond acceptors (Lipinski definition) is 5. The van der Waals surface area contributed by atoms with Gasteiger partial charge in [0.25, 0.3) is 0 Å². The highest BCUT2D eigenvalue weighted by atomic mass is 16.5. The lowest BCUT2D eigenvalue weighted by atomic mass is 10.1. The summed E-state index contributed by atoms with van der Waals surface area (Å²) in [6, 6.07) is 5.51. The third kappa shape index (κ3) is 2.25. The predicted molar refractivity (Wildman–Crippen MR) is 71.5 cm³/mol. The minimum Gasteiger partial charge on any atom is -0.496 e. The summed E-state index contributed by atoms with van der Waals surface area (Å²) in [5.74, 6) is 2.88. The minimum absolute atomic E-state index is 0.662. The summed E-state index contributed by atoms with van der Waals surface area (Å²) in [7, 11) is 1.62. The first-order valence-corrected chi connectivity index (χ1v) is 6.39. The summed E-state index contributed by atoms with van der Waals surface area (Å²) in [6.07, 6.45) is 1.25. The topological polar surface area (TPSA) is 78.8 Å². The fourth-order valence-electron chi connectivity index (χ4n) is 2.29. The molecule has 2 aromatic rings. The molecule has 1 heterocycles. The van der Waals surface area contributed by atoms with Gasteiger partial charge in [0.15, 0.2) is 5.82 Å². The van der Waals surface area contributed by atoms with Gasteiger partial charge in [-0.2, -0.15) is 0 Å². The Hall–Kier alpha value is -2.11. The van der Waals surface area contributed by atoms with Crippen LogP contribution in [0.1, 0.15) is 13.3 Å². The number of ether oxygens (including phenoxy) is 1. The number of rotatable bonds is 4. The summed E-state index contributed by atoms with van der Waals surface area (Å²) in [4.78, 5) is 0. The highest BCUT2D eigenvalue weighted by Crippen LogP contribution is 2.39. The Labute approximate surface area is 111 Å². The maximum Gasteiger partial charge on any atom is 0.185 e. The first kappa shape index (κ1) is 12.0. The molecule has 2 atom stereocenters. The van der Waals surface area contributed by atoms with E-state index in [1.54, 1.807) is 13.2 Å². The van der Waals surface area contributed by atoms with E-state index in [1.807, 2.05) is 16.8 Å². The van der Waals surface area contributed by atoms with E-state index in [0.29, 0.717) is 17.4 Å². The SMILES string of the molecule is COc1cc(N)ccc1-c1nnnn1CC1CC1C. The Morgan fingerprint density at radius 2 is 2.26 bits per heavy atom. The van der Waals surface area contributed by atoms with Gasteiger partial charge in [-0.05, 0) is 40.8 Å². The molecule has 1 aliphatic rings. The second-order valence-electron chi connectivity index (χ2n) is 5.12. The number of benzene rings is 1. The molecule has 1 aromatic heterocycles. The van der Waals surface area contributed by atoms with Gasteiger partial charge >= 0.3 is 0 Å². The van der Waals surface area contributed by atoms with Crippen molar-refractivity contribution in [2.45, 2.75) is 19.9 Å². The lowest BCUT2D eigenvalue weighted by molar-refractivity contribution is 0.415. The van der Waals surface area contributed by atoms with Crippen molar-refractivity contribution in [3.05, 3.63) is 18.2 Å². The van der Waals surface area contributed by atoms with E-state index in [4.69, 9.17) is 10.5 Å². The van der Waals surface area contributed by atoms with Crippen molar-refractivity contribution >= 4 is 5.69 Å². The first-order valence-electron chi connectivity index (χ1n) is 6.39. The number of nitrogens with two attached hydrogens (primary N) is 1. The Kier molecular flexibility index (Phi) is 2.85. The van der Waals surface area contributed by atoms with Gasteiger partial charge in [-0.25, -0.2) is 4.68 Å². The van der Waals surface area contributed by atoms with Crippen LogP contribution in [-0.2, 0) is 6.54 Å². The molecule has 1 aliphatic carbocycles. The van der Waals surface area contributed by atoms with Gasteiger partial charge in [0.05, 0.1) is 12.7 Å². The van der Waals surface area contributed by atoms with Crippen LogP contribution >= 0.6 is 0 Å². The molecule has 1 aromatic carbocycles. The van der Waals surface area contributed by atoms with Crippen molar-refractivity contribution in [3.63, 3.8) is 0 Å². The fraction of sp³-hybridized carbons (Fsp3) is 0.462. The van der Waals surface area contributed by atoms with Crippen LogP contribution in [-0.4, -0.2) is 27.3 Å². The maximum absolute atomic E-state index is 5.76. The van der Waals surface area contributed by atoms with Gasteiger partial charge in [0, 0.05) is 18.3 Å². The van der Waals surface area contributed by atoms with Crippen LogP contribution in [0, 0.1) is 11.8 Å². The van der Waals surface area contributed by atoms with Crippen molar-refractivity contribution in [1.82, 2.24) is 20.2 Å². The van der Waals surface area contributed by atoms with Crippen LogP contribution in [0.25, 0.3) is 11.4 Å². The summed E-state index contributed by atoms with van der Waals surface area (Å²) in [6.45, 7) is 3.11. The number of aromatic nitrogens is 4. The molecular weight excluding hydrogens is 242 g/mol. The van der Waals surface area contributed by atoms with Gasteiger partial charge < -0.3 is 10.5 Å². The summed E-state index contributed by atoms with van der Waals surface area (Å²) in [5, 5.41) is 12.0. The quantitative estimate of drug-likeness (QED) is 0.843. The zero-order chi connectivity index (χ0) is 13.4. The number of tetrazole rings is 1.